The summed E-state index contributed by atoms with van der Waals surface area (Å²) in [4.78, 5) is 16.4. The summed E-state index contributed by atoms with van der Waals surface area (Å²) in [6, 6.07) is 12.7. The Balaban J connectivity index is 1.68. The van der Waals surface area contributed by atoms with Gasteiger partial charge in [-0.15, -0.1) is 0 Å². The van der Waals surface area contributed by atoms with Gasteiger partial charge in [-0.1, -0.05) is 23.4 Å². The molecule has 2 aromatic heterocycles. The molecular weight excluding hydrogens is 292 g/mol. The monoisotopic (exact) mass is 308 g/mol. The summed E-state index contributed by atoms with van der Waals surface area (Å²) in [6.45, 7) is 3.72. The predicted octanol–water partition coefficient (Wildman–Crippen LogP) is 3.68. The molecule has 0 aliphatic rings. The van der Waals surface area contributed by atoms with Crippen LogP contribution >= 0.6 is 0 Å². The van der Waals surface area contributed by atoms with Crippen molar-refractivity contribution in [3.05, 3.63) is 65.5 Å². The topological polar surface area (TPSA) is 80.0 Å². The number of aryl methyl sites for hydroxylation is 2. The lowest BCUT2D eigenvalue weighted by atomic mass is 10.1. The van der Waals surface area contributed by atoms with Crippen LogP contribution < -0.4 is 10.6 Å². The van der Waals surface area contributed by atoms with Crippen LogP contribution in [0.15, 0.2) is 53.2 Å². The van der Waals surface area contributed by atoms with E-state index in [4.69, 9.17) is 4.52 Å². The Bertz CT molecular complexity index is 825. The summed E-state index contributed by atoms with van der Waals surface area (Å²) >= 11 is 0. The fourth-order valence-corrected chi connectivity index (χ4v) is 2.13. The van der Waals surface area contributed by atoms with E-state index in [9.17, 15) is 4.79 Å². The molecule has 0 atom stereocenters. The Morgan fingerprint density at radius 3 is 2.57 bits per heavy atom. The minimum Gasteiger partial charge on any atom is -0.360 e. The average Bonchev–Trinajstić information content (AvgIpc) is 2.95. The van der Waals surface area contributed by atoms with Crippen LogP contribution in [-0.2, 0) is 0 Å². The number of benzene rings is 1. The quantitative estimate of drug-likeness (QED) is 0.768. The molecule has 0 radical (unpaired) electrons. The van der Waals surface area contributed by atoms with Crippen molar-refractivity contribution >= 4 is 23.2 Å². The third-order valence-corrected chi connectivity index (χ3v) is 3.30. The molecule has 23 heavy (non-hydrogen) atoms. The van der Waals surface area contributed by atoms with Gasteiger partial charge >= 0.3 is 0 Å². The summed E-state index contributed by atoms with van der Waals surface area (Å²) in [7, 11) is 0. The molecule has 6 heteroatoms. The van der Waals surface area contributed by atoms with Crippen molar-refractivity contribution in [3.63, 3.8) is 0 Å². The number of carbonyl (C=O) groups is 1. The van der Waals surface area contributed by atoms with Crippen LogP contribution in [0.4, 0.5) is 17.3 Å². The number of amides is 1. The van der Waals surface area contributed by atoms with Gasteiger partial charge in [-0.25, -0.2) is 4.98 Å². The lowest BCUT2D eigenvalue weighted by Gasteiger charge is -2.07. The van der Waals surface area contributed by atoms with Crippen LogP contribution in [0.25, 0.3) is 0 Å². The third-order valence-electron chi connectivity index (χ3n) is 3.30. The first kappa shape index (κ1) is 14.8. The fourth-order valence-electron chi connectivity index (χ4n) is 2.13. The number of nitrogens with zero attached hydrogens (tertiary/aromatic N) is 2. The van der Waals surface area contributed by atoms with Crippen LogP contribution in [0.3, 0.4) is 0 Å². The van der Waals surface area contributed by atoms with Gasteiger partial charge in [0.15, 0.2) is 5.82 Å². The van der Waals surface area contributed by atoms with Crippen LogP contribution in [0, 0.1) is 13.8 Å². The molecule has 0 fully saturated rings. The Morgan fingerprint density at radius 2 is 1.91 bits per heavy atom. The number of aromatic nitrogens is 2. The van der Waals surface area contributed by atoms with Gasteiger partial charge in [-0.2, -0.15) is 0 Å². The van der Waals surface area contributed by atoms with Gasteiger partial charge in [-0.05, 0) is 37.6 Å². The normalized spacial score (nSPS) is 10.3. The summed E-state index contributed by atoms with van der Waals surface area (Å²) in [5.74, 6) is 1.65. The molecule has 0 bridgehead atoms. The molecule has 3 rings (SSSR count). The zero-order chi connectivity index (χ0) is 16.2. The maximum atomic E-state index is 12.2. The van der Waals surface area contributed by atoms with Crippen LogP contribution in [0.2, 0.25) is 0 Å². The molecule has 116 valence electrons. The van der Waals surface area contributed by atoms with Crippen molar-refractivity contribution in [1.82, 2.24) is 10.1 Å². The van der Waals surface area contributed by atoms with Gasteiger partial charge in [0.05, 0.1) is 11.9 Å². The molecule has 1 aromatic carbocycles. The number of nitrogens with one attached hydrogen (secondary N) is 2. The van der Waals surface area contributed by atoms with Crippen molar-refractivity contribution in [2.45, 2.75) is 13.8 Å². The van der Waals surface area contributed by atoms with Crippen molar-refractivity contribution in [3.8, 4) is 0 Å². The Morgan fingerprint density at radius 1 is 1.09 bits per heavy atom. The zero-order valence-electron chi connectivity index (χ0n) is 12.8. The second kappa shape index (κ2) is 6.31. The van der Waals surface area contributed by atoms with E-state index in [1.165, 1.54) is 0 Å². The fraction of sp³-hybridized carbons (Fsp3) is 0.118. The SMILES string of the molecule is Cc1cc(Nc2ccc(NC(=O)c3ccccc3C)nc2)no1. The van der Waals surface area contributed by atoms with Gasteiger partial charge in [0.25, 0.3) is 5.91 Å². The number of hydrogen-bond acceptors (Lipinski definition) is 5. The van der Waals surface area contributed by atoms with Crippen molar-refractivity contribution in [2.24, 2.45) is 0 Å². The van der Waals surface area contributed by atoms with Gasteiger partial charge < -0.3 is 15.2 Å². The molecule has 0 saturated carbocycles. The van der Waals surface area contributed by atoms with E-state index in [-0.39, 0.29) is 5.91 Å². The first-order chi connectivity index (χ1) is 11.1. The summed E-state index contributed by atoms with van der Waals surface area (Å²) < 4.78 is 4.98. The highest BCUT2D eigenvalue weighted by Gasteiger charge is 2.09. The Hall–Kier alpha value is -3.15. The third kappa shape index (κ3) is 3.55. The maximum absolute atomic E-state index is 12.2. The van der Waals surface area contributed by atoms with Crippen molar-refractivity contribution in [1.29, 1.82) is 0 Å². The number of rotatable bonds is 4. The lowest BCUT2D eigenvalue weighted by molar-refractivity contribution is 0.102. The highest BCUT2D eigenvalue weighted by Crippen LogP contribution is 2.17. The number of anilines is 3. The first-order valence-electron chi connectivity index (χ1n) is 7.15. The predicted molar refractivity (Wildman–Crippen MR) is 87.9 cm³/mol. The molecule has 2 N–H and O–H groups in total. The summed E-state index contributed by atoms with van der Waals surface area (Å²) in [6.07, 6.45) is 1.62. The molecule has 0 unspecified atom stereocenters. The maximum Gasteiger partial charge on any atom is 0.257 e. The lowest BCUT2D eigenvalue weighted by Crippen LogP contribution is -2.14. The van der Waals surface area contributed by atoms with E-state index in [1.54, 1.807) is 24.4 Å². The molecule has 3 aromatic rings. The number of carbonyl (C=O) groups excluding carboxylic acids is 1. The minimum absolute atomic E-state index is 0.177. The summed E-state index contributed by atoms with van der Waals surface area (Å²) in [5.41, 5.74) is 2.31. The molecule has 0 spiro atoms. The second-order valence-corrected chi connectivity index (χ2v) is 5.15. The number of pyridine rings is 1. The van der Waals surface area contributed by atoms with Gasteiger partial charge in [0, 0.05) is 11.6 Å². The number of hydrogen-bond donors (Lipinski definition) is 2. The van der Waals surface area contributed by atoms with E-state index in [0.717, 1.165) is 17.0 Å². The van der Waals surface area contributed by atoms with Crippen molar-refractivity contribution in [2.75, 3.05) is 10.6 Å². The zero-order valence-corrected chi connectivity index (χ0v) is 12.8. The molecule has 1 amide bonds. The summed E-state index contributed by atoms with van der Waals surface area (Å²) in [5, 5.41) is 9.70. The van der Waals surface area contributed by atoms with E-state index in [0.29, 0.717) is 17.2 Å². The Kier molecular flexibility index (Phi) is 4.05. The molecular formula is C17H16N4O2. The molecule has 0 saturated heterocycles. The molecule has 0 aliphatic heterocycles. The second-order valence-electron chi connectivity index (χ2n) is 5.15. The van der Waals surface area contributed by atoms with E-state index in [2.05, 4.69) is 20.8 Å². The highest BCUT2D eigenvalue weighted by molar-refractivity contribution is 6.04. The first-order valence-corrected chi connectivity index (χ1v) is 7.15. The highest BCUT2D eigenvalue weighted by atomic mass is 16.5. The van der Waals surface area contributed by atoms with Crippen LogP contribution in [0.5, 0.6) is 0 Å². The van der Waals surface area contributed by atoms with Crippen LogP contribution in [0.1, 0.15) is 21.7 Å². The molecule has 0 aliphatic carbocycles. The minimum atomic E-state index is -0.177. The van der Waals surface area contributed by atoms with E-state index < -0.39 is 0 Å². The van der Waals surface area contributed by atoms with Gasteiger partial charge in [0.2, 0.25) is 0 Å². The average molecular weight is 308 g/mol. The Labute approximate surface area is 133 Å². The largest absolute Gasteiger partial charge is 0.360 e. The van der Waals surface area contributed by atoms with E-state index in [1.807, 2.05) is 38.1 Å². The van der Waals surface area contributed by atoms with E-state index >= 15 is 0 Å². The standard InChI is InChI=1S/C17H16N4O2/c1-11-5-3-4-6-14(11)17(22)20-15-8-7-13(10-18-15)19-16-9-12(2)23-21-16/h3-10H,1-2H3,(H,19,21)(H,18,20,22). The van der Waals surface area contributed by atoms with Gasteiger partial charge in [-0.3, -0.25) is 4.79 Å². The van der Waals surface area contributed by atoms with Gasteiger partial charge in [0.1, 0.15) is 11.6 Å². The smallest absolute Gasteiger partial charge is 0.257 e. The molecule has 2 heterocycles. The molecule has 6 nitrogen and oxygen atoms in total. The van der Waals surface area contributed by atoms with Crippen molar-refractivity contribution < 1.29 is 9.32 Å². The van der Waals surface area contributed by atoms with Crippen LogP contribution in [-0.4, -0.2) is 16.0 Å².